The maximum atomic E-state index is 5.69. The van der Waals surface area contributed by atoms with Gasteiger partial charge in [-0.1, -0.05) is 12.6 Å². The third-order valence-corrected chi connectivity index (χ3v) is 3.43. The average Bonchev–Trinajstić information content (AvgIpc) is 2.45. The molecule has 1 saturated heterocycles. The number of methoxy groups -OCH3 is 1. The maximum Gasteiger partial charge on any atom is 0.161 e. The minimum Gasteiger partial charge on any atom is -0.493 e. The van der Waals surface area contributed by atoms with Crippen LogP contribution in [0.15, 0.2) is 30.4 Å². The van der Waals surface area contributed by atoms with E-state index in [4.69, 9.17) is 9.47 Å². The van der Waals surface area contributed by atoms with Gasteiger partial charge in [0.25, 0.3) is 0 Å². The van der Waals surface area contributed by atoms with Crippen LogP contribution in [0.3, 0.4) is 0 Å². The van der Waals surface area contributed by atoms with Crippen LogP contribution in [-0.2, 0) is 0 Å². The smallest absolute Gasteiger partial charge is 0.161 e. The Kier molecular flexibility index (Phi) is 4.86. The van der Waals surface area contributed by atoms with Crippen molar-refractivity contribution in [2.24, 2.45) is 0 Å². The molecule has 1 heterocycles. The molecule has 1 aliphatic heterocycles. The first-order valence-electron chi connectivity index (χ1n) is 6.86. The van der Waals surface area contributed by atoms with Crippen LogP contribution in [0, 0.1) is 0 Å². The van der Waals surface area contributed by atoms with E-state index in [1.54, 1.807) is 7.11 Å². The van der Waals surface area contributed by atoms with Crippen molar-refractivity contribution in [2.45, 2.75) is 25.7 Å². The largest absolute Gasteiger partial charge is 0.493 e. The molecule has 0 aliphatic carbocycles. The summed E-state index contributed by atoms with van der Waals surface area (Å²) < 4.78 is 11.1. The Morgan fingerprint density at radius 2 is 2.26 bits per heavy atom. The van der Waals surface area contributed by atoms with Crippen molar-refractivity contribution < 1.29 is 9.47 Å². The highest BCUT2D eigenvalue weighted by Gasteiger charge is 2.17. The fourth-order valence-corrected chi connectivity index (χ4v) is 2.39. The lowest BCUT2D eigenvalue weighted by Gasteiger charge is -2.24. The van der Waals surface area contributed by atoms with E-state index >= 15 is 0 Å². The van der Waals surface area contributed by atoms with Gasteiger partial charge in [-0.15, -0.1) is 0 Å². The first kappa shape index (κ1) is 13.9. The molecule has 104 valence electrons. The second kappa shape index (κ2) is 6.62. The Hall–Kier alpha value is -1.48. The van der Waals surface area contributed by atoms with Gasteiger partial charge in [-0.25, -0.2) is 0 Å². The van der Waals surface area contributed by atoms with E-state index in [-0.39, 0.29) is 0 Å². The molecule has 19 heavy (non-hydrogen) atoms. The van der Waals surface area contributed by atoms with Gasteiger partial charge in [0.2, 0.25) is 0 Å². The lowest BCUT2D eigenvalue weighted by atomic mass is 9.91. The molecule has 0 spiro atoms. The van der Waals surface area contributed by atoms with Crippen molar-refractivity contribution in [1.29, 1.82) is 0 Å². The minimum absolute atomic E-state index is 0.528. The maximum absolute atomic E-state index is 5.69. The van der Waals surface area contributed by atoms with Gasteiger partial charge in [-0.05, 0) is 55.5 Å². The van der Waals surface area contributed by atoms with Gasteiger partial charge in [0.15, 0.2) is 11.5 Å². The van der Waals surface area contributed by atoms with E-state index in [1.165, 1.54) is 18.4 Å². The van der Waals surface area contributed by atoms with Crippen LogP contribution < -0.4 is 14.8 Å². The van der Waals surface area contributed by atoms with Gasteiger partial charge in [-0.3, -0.25) is 0 Å². The summed E-state index contributed by atoms with van der Waals surface area (Å²) in [6.07, 6.45) is 2.48. The Morgan fingerprint density at radius 1 is 1.42 bits per heavy atom. The first-order chi connectivity index (χ1) is 9.20. The van der Waals surface area contributed by atoms with Crippen LogP contribution in [0.5, 0.6) is 11.5 Å². The molecule has 1 atom stereocenters. The molecule has 1 unspecified atom stereocenters. The fraction of sp³-hybridized carbons (Fsp3) is 0.500. The van der Waals surface area contributed by atoms with Crippen LogP contribution in [0.25, 0.3) is 0 Å². The number of nitrogens with one attached hydrogen (secondary N) is 1. The number of ether oxygens (including phenoxy) is 2. The molecule has 0 amide bonds. The summed E-state index contributed by atoms with van der Waals surface area (Å²) in [6, 6.07) is 6.26. The highest BCUT2D eigenvalue weighted by molar-refractivity contribution is 5.44. The number of hydrogen-bond donors (Lipinski definition) is 1. The van der Waals surface area contributed by atoms with E-state index in [0.717, 1.165) is 30.2 Å². The van der Waals surface area contributed by atoms with Crippen molar-refractivity contribution in [3.63, 3.8) is 0 Å². The summed E-state index contributed by atoms with van der Waals surface area (Å²) in [5.74, 6) is 2.18. The molecule has 3 heteroatoms. The van der Waals surface area contributed by atoms with Crippen molar-refractivity contribution >= 4 is 0 Å². The van der Waals surface area contributed by atoms with E-state index in [2.05, 4.69) is 24.0 Å². The topological polar surface area (TPSA) is 30.5 Å². The van der Waals surface area contributed by atoms with Crippen LogP contribution in [0.1, 0.15) is 31.2 Å². The molecule has 0 aromatic heterocycles. The van der Waals surface area contributed by atoms with Gasteiger partial charge in [0.05, 0.1) is 7.11 Å². The molecular weight excluding hydrogens is 238 g/mol. The number of piperidine rings is 1. The van der Waals surface area contributed by atoms with Gasteiger partial charge in [0.1, 0.15) is 6.61 Å². The molecule has 1 aromatic carbocycles. The van der Waals surface area contributed by atoms with Crippen LogP contribution in [0.4, 0.5) is 0 Å². The zero-order valence-electron chi connectivity index (χ0n) is 11.9. The summed E-state index contributed by atoms with van der Waals surface area (Å²) in [6.45, 7) is 8.51. The molecule has 2 rings (SSSR count). The fourth-order valence-electron chi connectivity index (χ4n) is 2.39. The number of hydrogen-bond acceptors (Lipinski definition) is 3. The Bertz CT molecular complexity index is 436. The molecule has 0 saturated carbocycles. The van der Waals surface area contributed by atoms with E-state index < -0.39 is 0 Å². The molecule has 0 radical (unpaired) electrons. The third kappa shape index (κ3) is 3.74. The number of benzene rings is 1. The van der Waals surface area contributed by atoms with Crippen molar-refractivity contribution in [3.8, 4) is 11.5 Å². The zero-order valence-corrected chi connectivity index (χ0v) is 11.9. The quantitative estimate of drug-likeness (QED) is 0.826. The van der Waals surface area contributed by atoms with E-state index in [9.17, 15) is 0 Å². The normalized spacial score (nSPS) is 18.9. The molecular formula is C16H23NO2. The Labute approximate surface area is 115 Å². The second-order valence-corrected chi connectivity index (χ2v) is 5.20. The highest BCUT2D eigenvalue weighted by Crippen LogP contribution is 2.33. The van der Waals surface area contributed by atoms with Crippen molar-refractivity contribution in [2.75, 3.05) is 26.8 Å². The Balaban J connectivity index is 2.12. The highest BCUT2D eigenvalue weighted by atomic mass is 16.5. The molecule has 3 nitrogen and oxygen atoms in total. The second-order valence-electron chi connectivity index (χ2n) is 5.20. The average molecular weight is 261 g/mol. The van der Waals surface area contributed by atoms with Crippen LogP contribution >= 0.6 is 0 Å². The van der Waals surface area contributed by atoms with Gasteiger partial charge in [0, 0.05) is 6.54 Å². The van der Waals surface area contributed by atoms with Gasteiger partial charge in [-0.2, -0.15) is 0 Å². The van der Waals surface area contributed by atoms with E-state index in [1.807, 2.05) is 13.0 Å². The zero-order chi connectivity index (χ0) is 13.7. The third-order valence-electron chi connectivity index (χ3n) is 3.43. The van der Waals surface area contributed by atoms with E-state index in [0.29, 0.717) is 12.5 Å². The van der Waals surface area contributed by atoms with Gasteiger partial charge < -0.3 is 14.8 Å². The summed E-state index contributed by atoms with van der Waals surface area (Å²) in [5, 5.41) is 3.44. The lowest BCUT2D eigenvalue weighted by Crippen LogP contribution is -2.28. The van der Waals surface area contributed by atoms with Crippen LogP contribution in [-0.4, -0.2) is 26.8 Å². The van der Waals surface area contributed by atoms with Crippen molar-refractivity contribution in [3.05, 3.63) is 35.9 Å². The van der Waals surface area contributed by atoms with Crippen LogP contribution in [0.2, 0.25) is 0 Å². The molecule has 1 N–H and O–H groups in total. The first-order valence-corrected chi connectivity index (χ1v) is 6.86. The predicted octanol–water partition coefficient (Wildman–Crippen LogP) is 3.12. The van der Waals surface area contributed by atoms with Crippen molar-refractivity contribution in [1.82, 2.24) is 5.32 Å². The summed E-state index contributed by atoms with van der Waals surface area (Å²) in [4.78, 5) is 0. The lowest BCUT2D eigenvalue weighted by molar-refractivity contribution is 0.319. The monoisotopic (exact) mass is 261 g/mol. The summed E-state index contributed by atoms with van der Waals surface area (Å²) >= 11 is 0. The molecule has 1 fully saturated rings. The SMILES string of the molecule is C=C(C)COc1ccc(C2CCCNC2)cc1OC. The van der Waals surface area contributed by atoms with Gasteiger partial charge >= 0.3 is 0 Å². The molecule has 1 aliphatic rings. The standard InChI is InChI=1S/C16H23NO2/c1-12(2)11-19-15-7-6-13(9-16(15)18-3)14-5-4-8-17-10-14/h6-7,9,14,17H,1,4-5,8,10-11H2,2-3H3. The summed E-state index contributed by atoms with van der Waals surface area (Å²) in [7, 11) is 1.69. The summed E-state index contributed by atoms with van der Waals surface area (Å²) in [5.41, 5.74) is 2.33. The number of rotatable bonds is 5. The minimum atomic E-state index is 0.528. The predicted molar refractivity (Wildman–Crippen MR) is 78.1 cm³/mol. The molecule has 0 bridgehead atoms. The molecule has 1 aromatic rings. The Morgan fingerprint density at radius 3 is 2.89 bits per heavy atom.